The zero-order valence-corrected chi connectivity index (χ0v) is 17.5. The number of carbonyl (C=O) groups excluding carboxylic acids is 1. The third-order valence-electron chi connectivity index (χ3n) is 4.80. The van der Waals surface area contributed by atoms with Gasteiger partial charge < -0.3 is 19.9 Å². The van der Waals surface area contributed by atoms with Crippen molar-refractivity contribution in [3.05, 3.63) is 92.7 Å². The molecule has 0 unspecified atom stereocenters. The van der Waals surface area contributed by atoms with Crippen molar-refractivity contribution < 1.29 is 13.9 Å². The van der Waals surface area contributed by atoms with E-state index in [1.54, 1.807) is 30.2 Å². The molecular formula is C23H20FN3O3S. The maximum Gasteiger partial charge on any atom is 0.322 e. The van der Waals surface area contributed by atoms with E-state index >= 15 is 0 Å². The monoisotopic (exact) mass is 437 g/mol. The molecule has 4 aromatic rings. The van der Waals surface area contributed by atoms with Crippen molar-refractivity contribution in [1.82, 2.24) is 9.88 Å². The Bertz CT molecular complexity index is 1250. The molecule has 0 bridgehead atoms. The number of H-pyrrole nitrogens is 1. The van der Waals surface area contributed by atoms with E-state index in [1.165, 1.54) is 35.6 Å². The predicted molar refractivity (Wildman–Crippen MR) is 120 cm³/mol. The molecule has 0 aliphatic rings. The van der Waals surface area contributed by atoms with Crippen molar-refractivity contribution in [2.24, 2.45) is 0 Å². The smallest absolute Gasteiger partial charge is 0.322 e. The number of hydrogen-bond donors (Lipinski definition) is 2. The van der Waals surface area contributed by atoms with Crippen LogP contribution in [0.3, 0.4) is 0 Å². The fourth-order valence-corrected chi connectivity index (χ4v) is 3.93. The Hall–Kier alpha value is -3.65. The summed E-state index contributed by atoms with van der Waals surface area (Å²) in [5.74, 6) is 0.293. The molecule has 2 amide bonds. The summed E-state index contributed by atoms with van der Waals surface area (Å²) in [7, 11) is 1.58. The first kappa shape index (κ1) is 20.6. The van der Waals surface area contributed by atoms with Crippen LogP contribution in [0, 0.1) is 5.82 Å². The number of nitrogens with zero attached hydrogens (tertiary/aromatic N) is 1. The summed E-state index contributed by atoms with van der Waals surface area (Å²) >= 11 is 1.53. The minimum Gasteiger partial charge on any atom is -0.497 e. The van der Waals surface area contributed by atoms with E-state index in [0.717, 1.165) is 10.3 Å². The number of aromatic amines is 1. The van der Waals surface area contributed by atoms with Gasteiger partial charge in [-0.3, -0.25) is 4.79 Å². The lowest BCUT2D eigenvalue weighted by molar-refractivity contribution is 0.207. The second-order valence-corrected chi connectivity index (χ2v) is 7.98. The number of benzene rings is 2. The number of anilines is 1. The van der Waals surface area contributed by atoms with Gasteiger partial charge in [0.05, 0.1) is 20.2 Å². The number of urea groups is 1. The van der Waals surface area contributed by atoms with E-state index in [-0.39, 0.29) is 24.0 Å². The van der Waals surface area contributed by atoms with Crippen molar-refractivity contribution in [3.63, 3.8) is 0 Å². The number of pyridine rings is 1. The molecule has 0 saturated heterocycles. The molecular weight excluding hydrogens is 417 g/mol. The Morgan fingerprint density at radius 1 is 1.13 bits per heavy atom. The maximum atomic E-state index is 13.2. The third-order valence-corrected chi connectivity index (χ3v) is 5.66. The number of thiophene rings is 1. The summed E-state index contributed by atoms with van der Waals surface area (Å²) in [6.07, 6.45) is 0. The fraction of sp³-hybridized carbons (Fsp3) is 0.130. The number of amides is 2. The first-order chi connectivity index (χ1) is 15.0. The van der Waals surface area contributed by atoms with Crippen LogP contribution in [-0.2, 0) is 13.1 Å². The number of carbonyl (C=O) groups is 1. The third kappa shape index (κ3) is 4.92. The largest absolute Gasteiger partial charge is 0.497 e. The topological polar surface area (TPSA) is 74.4 Å². The maximum absolute atomic E-state index is 13.2. The minimum absolute atomic E-state index is 0.105. The van der Waals surface area contributed by atoms with Gasteiger partial charge in [-0.2, -0.15) is 0 Å². The lowest BCUT2D eigenvalue weighted by Gasteiger charge is -2.22. The summed E-state index contributed by atoms with van der Waals surface area (Å²) < 4.78 is 18.4. The molecule has 0 spiro atoms. The van der Waals surface area contributed by atoms with E-state index in [0.29, 0.717) is 29.1 Å². The Morgan fingerprint density at radius 2 is 1.94 bits per heavy atom. The SMILES string of the molecule is COc1ccc2[nH]c(=O)c(CN(Cc3cccs3)C(=O)Nc3ccc(F)cc3)cc2c1. The van der Waals surface area contributed by atoms with Crippen LogP contribution in [0.2, 0.25) is 0 Å². The van der Waals surface area contributed by atoms with Crippen LogP contribution in [0.5, 0.6) is 5.75 Å². The summed E-state index contributed by atoms with van der Waals surface area (Å²) in [5, 5.41) is 5.51. The highest BCUT2D eigenvalue weighted by atomic mass is 32.1. The molecule has 0 aliphatic heterocycles. The molecule has 158 valence electrons. The van der Waals surface area contributed by atoms with Crippen LogP contribution in [0.4, 0.5) is 14.9 Å². The van der Waals surface area contributed by atoms with Crippen molar-refractivity contribution in [1.29, 1.82) is 0 Å². The molecule has 2 aromatic carbocycles. The Morgan fingerprint density at radius 3 is 2.65 bits per heavy atom. The van der Waals surface area contributed by atoms with Gasteiger partial charge in [0, 0.05) is 27.0 Å². The molecule has 2 aromatic heterocycles. The number of aromatic nitrogens is 1. The molecule has 2 N–H and O–H groups in total. The normalized spacial score (nSPS) is 10.8. The van der Waals surface area contributed by atoms with E-state index in [4.69, 9.17) is 4.74 Å². The standard InChI is InChI=1S/C23H20FN3O3S/c1-30-19-8-9-21-15(12-19)11-16(22(28)26-21)13-27(14-20-3-2-10-31-20)23(29)25-18-6-4-17(24)5-7-18/h2-12H,13-14H2,1H3,(H,25,29)(H,26,28). The van der Waals surface area contributed by atoms with Crippen LogP contribution >= 0.6 is 11.3 Å². The highest BCUT2D eigenvalue weighted by Crippen LogP contribution is 2.21. The number of hydrogen-bond acceptors (Lipinski definition) is 4. The molecule has 8 heteroatoms. The fourth-order valence-electron chi connectivity index (χ4n) is 3.21. The minimum atomic E-state index is -0.384. The van der Waals surface area contributed by atoms with Gasteiger partial charge in [-0.1, -0.05) is 6.07 Å². The second kappa shape index (κ2) is 9.01. The van der Waals surface area contributed by atoms with E-state index < -0.39 is 0 Å². The summed E-state index contributed by atoms with van der Waals surface area (Å²) in [4.78, 5) is 31.0. The van der Waals surface area contributed by atoms with Crippen LogP contribution in [0.1, 0.15) is 10.4 Å². The van der Waals surface area contributed by atoms with Crippen molar-refractivity contribution >= 4 is 34.0 Å². The molecule has 0 radical (unpaired) electrons. The van der Waals surface area contributed by atoms with Crippen LogP contribution < -0.4 is 15.6 Å². The van der Waals surface area contributed by atoms with Gasteiger partial charge in [0.25, 0.3) is 5.56 Å². The number of nitrogens with one attached hydrogen (secondary N) is 2. The molecule has 0 fully saturated rings. The first-order valence-electron chi connectivity index (χ1n) is 9.55. The van der Waals surface area contributed by atoms with Gasteiger partial charge in [-0.05, 0) is 60.0 Å². The zero-order chi connectivity index (χ0) is 21.8. The van der Waals surface area contributed by atoms with Gasteiger partial charge in [0.15, 0.2) is 0 Å². The molecule has 31 heavy (non-hydrogen) atoms. The Labute approximate surface area is 181 Å². The molecule has 4 rings (SSSR count). The van der Waals surface area contributed by atoms with Gasteiger partial charge in [-0.15, -0.1) is 11.3 Å². The van der Waals surface area contributed by atoms with Crippen molar-refractivity contribution in [2.45, 2.75) is 13.1 Å². The van der Waals surface area contributed by atoms with Gasteiger partial charge >= 0.3 is 6.03 Å². The lowest BCUT2D eigenvalue weighted by Crippen LogP contribution is -2.35. The molecule has 6 nitrogen and oxygen atoms in total. The van der Waals surface area contributed by atoms with Crippen LogP contribution in [-0.4, -0.2) is 23.0 Å². The quantitative estimate of drug-likeness (QED) is 0.447. The molecule has 0 saturated carbocycles. The lowest BCUT2D eigenvalue weighted by atomic mass is 10.1. The van der Waals surface area contributed by atoms with E-state index in [1.807, 2.05) is 23.6 Å². The summed E-state index contributed by atoms with van der Waals surface area (Å²) in [6, 6.07) is 16.1. The zero-order valence-electron chi connectivity index (χ0n) is 16.7. The highest BCUT2D eigenvalue weighted by molar-refractivity contribution is 7.09. The number of fused-ring (bicyclic) bond motifs is 1. The molecule has 0 atom stereocenters. The van der Waals surface area contributed by atoms with Crippen molar-refractivity contribution in [3.8, 4) is 5.75 Å². The summed E-state index contributed by atoms with van der Waals surface area (Å²) in [6.45, 7) is 0.438. The van der Waals surface area contributed by atoms with Gasteiger partial charge in [0.1, 0.15) is 11.6 Å². The predicted octanol–water partition coefficient (Wildman–Crippen LogP) is 4.97. The van der Waals surface area contributed by atoms with Crippen molar-refractivity contribution in [2.75, 3.05) is 12.4 Å². The summed E-state index contributed by atoms with van der Waals surface area (Å²) in [5.41, 5.74) is 1.35. The van der Waals surface area contributed by atoms with Gasteiger partial charge in [0.2, 0.25) is 0 Å². The highest BCUT2D eigenvalue weighted by Gasteiger charge is 2.18. The Kier molecular flexibility index (Phi) is 5.99. The van der Waals surface area contributed by atoms with Crippen LogP contribution in [0.25, 0.3) is 10.9 Å². The van der Waals surface area contributed by atoms with E-state index in [2.05, 4.69) is 10.3 Å². The second-order valence-electron chi connectivity index (χ2n) is 6.95. The van der Waals surface area contributed by atoms with Crippen LogP contribution in [0.15, 0.2) is 70.8 Å². The number of ether oxygens (including phenoxy) is 1. The number of halogens is 1. The molecule has 0 aliphatic carbocycles. The van der Waals surface area contributed by atoms with E-state index in [9.17, 15) is 14.0 Å². The number of rotatable bonds is 6. The first-order valence-corrected chi connectivity index (χ1v) is 10.4. The van der Waals surface area contributed by atoms with Gasteiger partial charge in [-0.25, -0.2) is 9.18 Å². The Balaban J connectivity index is 1.63. The number of methoxy groups -OCH3 is 1. The average Bonchev–Trinajstić information content (AvgIpc) is 3.28. The average molecular weight is 437 g/mol. The molecule has 2 heterocycles.